The number of nitrogens with one attached hydrogen (secondary N) is 1. The highest BCUT2D eigenvalue weighted by molar-refractivity contribution is 5.50. The van der Waals surface area contributed by atoms with Crippen LogP contribution in [0.4, 0.5) is 24.5 Å². The van der Waals surface area contributed by atoms with Crippen LogP contribution in [0.15, 0.2) is 18.2 Å². The van der Waals surface area contributed by atoms with Crippen molar-refractivity contribution in [3.63, 3.8) is 0 Å². The molecule has 82 valence electrons. The Bertz CT molecular complexity index is 371. The minimum atomic E-state index is -2.61. The Morgan fingerprint density at radius 2 is 2.13 bits per heavy atom. The van der Waals surface area contributed by atoms with E-state index in [4.69, 9.17) is 0 Å². The standard InChI is InChI=1S/C8H7F3N2O2/c9-6-3-5(13(14)15)1-2-7(6)12-4-8(10)11/h1-3,8,12H,4H2. The lowest BCUT2D eigenvalue weighted by atomic mass is 10.2. The Morgan fingerprint density at radius 1 is 1.47 bits per heavy atom. The first-order chi connectivity index (χ1) is 7.00. The second-order valence-electron chi connectivity index (χ2n) is 2.69. The maximum atomic E-state index is 13.0. The zero-order valence-corrected chi connectivity index (χ0v) is 7.41. The van der Waals surface area contributed by atoms with E-state index < -0.39 is 29.4 Å². The number of nitrogens with zero attached hydrogens (tertiary/aromatic N) is 1. The highest BCUT2D eigenvalue weighted by Crippen LogP contribution is 2.20. The molecule has 0 saturated heterocycles. The van der Waals surface area contributed by atoms with Gasteiger partial charge in [0.15, 0.2) is 5.82 Å². The van der Waals surface area contributed by atoms with Crippen LogP contribution in [-0.2, 0) is 0 Å². The van der Waals surface area contributed by atoms with Crippen molar-refractivity contribution in [3.8, 4) is 0 Å². The molecule has 0 fully saturated rings. The molecule has 1 rings (SSSR count). The minimum Gasteiger partial charge on any atom is -0.377 e. The zero-order chi connectivity index (χ0) is 11.4. The molecule has 15 heavy (non-hydrogen) atoms. The van der Waals surface area contributed by atoms with E-state index in [1.807, 2.05) is 0 Å². The molecule has 1 N–H and O–H groups in total. The fourth-order valence-corrected chi connectivity index (χ4v) is 0.948. The molecule has 0 amide bonds. The van der Waals surface area contributed by atoms with Crippen LogP contribution in [0, 0.1) is 15.9 Å². The normalized spacial score (nSPS) is 10.4. The molecule has 0 saturated carbocycles. The summed E-state index contributed by atoms with van der Waals surface area (Å²) in [6.07, 6.45) is -2.61. The molecule has 0 aliphatic rings. The first-order valence-electron chi connectivity index (χ1n) is 3.96. The third kappa shape index (κ3) is 3.12. The molecule has 0 atom stereocenters. The fourth-order valence-electron chi connectivity index (χ4n) is 0.948. The van der Waals surface area contributed by atoms with Gasteiger partial charge in [-0.3, -0.25) is 10.1 Å². The van der Waals surface area contributed by atoms with Crippen LogP contribution in [0.1, 0.15) is 0 Å². The van der Waals surface area contributed by atoms with Gasteiger partial charge in [0.25, 0.3) is 12.1 Å². The van der Waals surface area contributed by atoms with E-state index in [-0.39, 0.29) is 5.69 Å². The van der Waals surface area contributed by atoms with Gasteiger partial charge in [-0.2, -0.15) is 0 Å². The third-order valence-corrected chi connectivity index (χ3v) is 1.61. The first kappa shape index (κ1) is 11.3. The van der Waals surface area contributed by atoms with Gasteiger partial charge in [-0.05, 0) is 6.07 Å². The average Bonchev–Trinajstić information content (AvgIpc) is 2.15. The number of rotatable bonds is 4. The largest absolute Gasteiger partial charge is 0.377 e. The lowest BCUT2D eigenvalue weighted by molar-refractivity contribution is -0.385. The molecule has 0 aliphatic heterocycles. The fraction of sp³-hybridized carbons (Fsp3) is 0.250. The Kier molecular flexibility index (Phi) is 3.48. The summed E-state index contributed by atoms with van der Waals surface area (Å²) in [5, 5.41) is 12.4. The van der Waals surface area contributed by atoms with Gasteiger partial charge in [-0.1, -0.05) is 0 Å². The predicted octanol–water partition coefficient (Wildman–Crippen LogP) is 2.41. The van der Waals surface area contributed by atoms with E-state index in [1.165, 1.54) is 0 Å². The van der Waals surface area contributed by atoms with Crippen molar-refractivity contribution in [1.82, 2.24) is 0 Å². The number of halogens is 3. The van der Waals surface area contributed by atoms with Crippen molar-refractivity contribution < 1.29 is 18.1 Å². The molecule has 7 heteroatoms. The summed E-state index contributed by atoms with van der Waals surface area (Å²) in [4.78, 5) is 9.47. The molecule has 0 radical (unpaired) electrons. The summed E-state index contributed by atoms with van der Waals surface area (Å²) in [5.74, 6) is -0.926. The van der Waals surface area contributed by atoms with Crippen LogP contribution in [-0.4, -0.2) is 17.9 Å². The summed E-state index contributed by atoms with van der Waals surface area (Å²) in [6, 6.07) is 2.76. The number of alkyl halides is 2. The maximum Gasteiger partial charge on any atom is 0.272 e. The lowest BCUT2D eigenvalue weighted by Gasteiger charge is -2.05. The molecule has 1 aromatic rings. The summed E-state index contributed by atoms with van der Waals surface area (Å²) >= 11 is 0. The number of hydrogen-bond donors (Lipinski definition) is 1. The van der Waals surface area contributed by atoms with Crippen molar-refractivity contribution in [3.05, 3.63) is 34.1 Å². The van der Waals surface area contributed by atoms with Crippen molar-refractivity contribution >= 4 is 11.4 Å². The highest BCUT2D eigenvalue weighted by atomic mass is 19.3. The van der Waals surface area contributed by atoms with Crippen LogP contribution >= 0.6 is 0 Å². The van der Waals surface area contributed by atoms with E-state index >= 15 is 0 Å². The second-order valence-corrected chi connectivity index (χ2v) is 2.69. The summed E-state index contributed by atoms with van der Waals surface area (Å²) < 4.78 is 36.6. The topological polar surface area (TPSA) is 55.2 Å². The Hall–Kier alpha value is -1.79. The number of nitro benzene ring substituents is 1. The van der Waals surface area contributed by atoms with Crippen molar-refractivity contribution in [1.29, 1.82) is 0 Å². The molecule has 0 unspecified atom stereocenters. The predicted molar refractivity (Wildman–Crippen MR) is 47.5 cm³/mol. The second kappa shape index (κ2) is 4.63. The number of nitro groups is 1. The van der Waals surface area contributed by atoms with Gasteiger partial charge in [0.1, 0.15) is 0 Å². The molecular weight excluding hydrogens is 213 g/mol. The van der Waals surface area contributed by atoms with Crippen LogP contribution in [0.2, 0.25) is 0 Å². The maximum absolute atomic E-state index is 13.0. The molecular formula is C8H7F3N2O2. The summed E-state index contributed by atoms with van der Waals surface area (Å²) in [7, 11) is 0. The van der Waals surface area contributed by atoms with E-state index in [9.17, 15) is 23.3 Å². The Balaban J connectivity index is 2.79. The minimum absolute atomic E-state index is 0.180. The van der Waals surface area contributed by atoms with Crippen LogP contribution in [0.5, 0.6) is 0 Å². The number of anilines is 1. The van der Waals surface area contributed by atoms with Crippen molar-refractivity contribution in [2.24, 2.45) is 0 Å². The monoisotopic (exact) mass is 220 g/mol. The van der Waals surface area contributed by atoms with Crippen LogP contribution in [0.25, 0.3) is 0 Å². The average molecular weight is 220 g/mol. The lowest BCUT2D eigenvalue weighted by Crippen LogP contribution is -2.11. The van der Waals surface area contributed by atoms with E-state index in [0.717, 1.165) is 12.1 Å². The van der Waals surface area contributed by atoms with E-state index in [1.54, 1.807) is 0 Å². The Labute approximate surface area is 82.9 Å². The van der Waals surface area contributed by atoms with Gasteiger partial charge in [-0.25, -0.2) is 13.2 Å². The van der Waals surface area contributed by atoms with Gasteiger partial charge in [0.05, 0.1) is 23.2 Å². The number of non-ortho nitro benzene ring substituents is 1. The van der Waals surface area contributed by atoms with Crippen molar-refractivity contribution in [2.45, 2.75) is 6.43 Å². The quantitative estimate of drug-likeness (QED) is 0.626. The van der Waals surface area contributed by atoms with Crippen LogP contribution in [0.3, 0.4) is 0 Å². The van der Waals surface area contributed by atoms with Crippen LogP contribution < -0.4 is 5.32 Å². The molecule has 0 bridgehead atoms. The molecule has 0 aliphatic carbocycles. The van der Waals surface area contributed by atoms with E-state index in [0.29, 0.717) is 6.07 Å². The van der Waals surface area contributed by atoms with Gasteiger partial charge >= 0.3 is 0 Å². The van der Waals surface area contributed by atoms with Crippen molar-refractivity contribution in [2.75, 3.05) is 11.9 Å². The van der Waals surface area contributed by atoms with Gasteiger partial charge in [0.2, 0.25) is 0 Å². The molecule has 0 heterocycles. The molecule has 4 nitrogen and oxygen atoms in total. The van der Waals surface area contributed by atoms with E-state index in [2.05, 4.69) is 5.32 Å². The highest BCUT2D eigenvalue weighted by Gasteiger charge is 2.11. The third-order valence-electron chi connectivity index (χ3n) is 1.61. The summed E-state index contributed by atoms with van der Waals surface area (Å²) in [5.41, 5.74) is -0.601. The number of hydrogen-bond acceptors (Lipinski definition) is 3. The summed E-state index contributed by atoms with van der Waals surface area (Å²) in [6.45, 7) is -0.700. The molecule has 1 aromatic carbocycles. The van der Waals surface area contributed by atoms with Gasteiger partial charge in [0, 0.05) is 6.07 Å². The van der Waals surface area contributed by atoms with Gasteiger partial charge in [-0.15, -0.1) is 0 Å². The zero-order valence-electron chi connectivity index (χ0n) is 7.41. The smallest absolute Gasteiger partial charge is 0.272 e. The molecule has 0 aromatic heterocycles. The SMILES string of the molecule is O=[N+]([O-])c1ccc(NCC(F)F)c(F)c1. The molecule has 0 spiro atoms. The first-order valence-corrected chi connectivity index (χ1v) is 3.96. The number of benzene rings is 1. The Morgan fingerprint density at radius 3 is 2.60 bits per heavy atom. The van der Waals surface area contributed by atoms with Gasteiger partial charge < -0.3 is 5.32 Å².